The molecule has 120 valence electrons. The van der Waals surface area contributed by atoms with E-state index in [0.29, 0.717) is 5.56 Å². The minimum Gasteiger partial charge on any atom is -0.378 e. The van der Waals surface area contributed by atoms with Crippen LogP contribution in [0.2, 0.25) is 0 Å². The van der Waals surface area contributed by atoms with Crippen LogP contribution in [0, 0.1) is 10.5 Å². The highest BCUT2D eigenvalue weighted by Crippen LogP contribution is 2.18. The van der Waals surface area contributed by atoms with E-state index >= 15 is 0 Å². The fourth-order valence-electron chi connectivity index (χ4n) is 2.37. The molecular formula is C17H18IN3O2. The van der Waals surface area contributed by atoms with Gasteiger partial charge in [0.15, 0.2) is 0 Å². The van der Waals surface area contributed by atoms with Gasteiger partial charge in [-0.1, -0.05) is 6.07 Å². The van der Waals surface area contributed by atoms with Crippen molar-refractivity contribution in [3.63, 3.8) is 0 Å². The van der Waals surface area contributed by atoms with Crippen molar-refractivity contribution in [2.75, 3.05) is 36.5 Å². The lowest BCUT2D eigenvalue weighted by Gasteiger charge is -2.27. The summed E-state index contributed by atoms with van der Waals surface area (Å²) in [7, 11) is 0. The number of carbonyl (C=O) groups excluding carboxylic acids is 1. The maximum Gasteiger partial charge on any atom is 0.257 e. The van der Waals surface area contributed by atoms with Gasteiger partial charge in [-0.05, 0) is 59.3 Å². The molecule has 2 heterocycles. The number of benzene rings is 1. The van der Waals surface area contributed by atoms with Gasteiger partial charge in [0.1, 0.15) is 5.82 Å². The van der Waals surface area contributed by atoms with Crippen molar-refractivity contribution < 1.29 is 9.53 Å². The summed E-state index contributed by atoms with van der Waals surface area (Å²) in [5.74, 6) is 0.736. The van der Waals surface area contributed by atoms with Crippen LogP contribution in [0.5, 0.6) is 0 Å². The molecule has 23 heavy (non-hydrogen) atoms. The maximum atomic E-state index is 12.3. The lowest BCUT2D eigenvalue weighted by Crippen LogP contribution is -2.36. The summed E-state index contributed by atoms with van der Waals surface area (Å²) in [6.07, 6.45) is 1.62. The second kappa shape index (κ2) is 7.27. The summed E-state index contributed by atoms with van der Waals surface area (Å²) < 4.78 is 6.46. The first-order valence-electron chi connectivity index (χ1n) is 7.50. The molecule has 0 atom stereocenters. The normalized spacial score (nSPS) is 14.6. The van der Waals surface area contributed by atoms with E-state index in [2.05, 4.69) is 37.8 Å². The van der Waals surface area contributed by atoms with E-state index in [1.54, 1.807) is 6.20 Å². The molecule has 0 saturated carbocycles. The van der Waals surface area contributed by atoms with Crippen molar-refractivity contribution >= 4 is 40.0 Å². The minimum absolute atomic E-state index is 0.148. The number of rotatable bonds is 3. The predicted octanol–water partition coefficient (Wildman–Crippen LogP) is 3.08. The van der Waals surface area contributed by atoms with Crippen molar-refractivity contribution in [1.29, 1.82) is 0 Å². The van der Waals surface area contributed by atoms with Gasteiger partial charge in [-0.15, -0.1) is 0 Å². The van der Waals surface area contributed by atoms with Gasteiger partial charge in [-0.3, -0.25) is 4.79 Å². The predicted molar refractivity (Wildman–Crippen MR) is 99.1 cm³/mol. The van der Waals surface area contributed by atoms with Crippen LogP contribution in [0.15, 0.2) is 36.5 Å². The van der Waals surface area contributed by atoms with Crippen LogP contribution >= 0.6 is 22.6 Å². The van der Waals surface area contributed by atoms with E-state index in [1.807, 2.05) is 37.3 Å². The summed E-state index contributed by atoms with van der Waals surface area (Å²) in [4.78, 5) is 18.9. The number of nitrogens with zero attached hydrogens (tertiary/aromatic N) is 2. The van der Waals surface area contributed by atoms with Crippen molar-refractivity contribution in [3.8, 4) is 0 Å². The van der Waals surface area contributed by atoms with Gasteiger partial charge in [0.2, 0.25) is 0 Å². The molecule has 1 aliphatic heterocycles. The van der Waals surface area contributed by atoms with Crippen LogP contribution in [-0.2, 0) is 4.74 Å². The summed E-state index contributed by atoms with van der Waals surface area (Å²) in [5.41, 5.74) is 2.54. The number of aromatic nitrogens is 1. The van der Waals surface area contributed by atoms with E-state index in [1.165, 1.54) is 5.56 Å². The summed E-state index contributed by atoms with van der Waals surface area (Å²) in [6.45, 7) is 5.15. The first kappa shape index (κ1) is 16.2. The van der Waals surface area contributed by atoms with E-state index in [0.717, 1.165) is 41.4 Å². The molecule has 0 unspecified atom stereocenters. The lowest BCUT2D eigenvalue weighted by molar-refractivity contribution is 0.102. The van der Waals surface area contributed by atoms with Crippen molar-refractivity contribution in [3.05, 3.63) is 51.2 Å². The molecule has 1 fully saturated rings. The average Bonchev–Trinajstić information content (AvgIpc) is 2.59. The molecule has 1 aromatic heterocycles. The second-order valence-electron chi connectivity index (χ2n) is 5.42. The number of amides is 1. The number of morpholine rings is 1. The number of hydrogen-bond donors (Lipinski definition) is 1. The van der Waals surface area contributed by atoms with Gasteiger partial charge < -0.3 is 15.0 Å². The third-order valence-electron chi connectivity index (χ3n) is 3.77. The number of nitrogens with one attached hydrogen (secondary N) is 1. The van der Waals surface area contributed by atoms with Gasteiger partial charge in [0.25, 0.3) is 5.91 Å². The number of anilines is 2. The molecule has 0 spiro atoms. The highest BCUT2D eigenvalue weighted by molar-refractivity contribution is 14.1. The first-order chi connectivity index (χ1) is 11.1. The van der Waals surface area contributed by atoms with E-state index in [9.17, 15) is 4.79 Å². The van der Waals surface area contributed by atoms with Crippen LogP contribution in [0.1, 0.15) is 15.9 Å². The molecule has 1 saturated heterocycles. The highest BCUT2D eigenvalue weighted by atomic mass is 127. The molecule has 0 radical (unpaired) electrons. The van der Waals surface area contributed by atoms with Gasteiger partial charge in [-0.2, -0.15) is 0 Å². The second-order valence-corrected chi connectivity index (χ2v) is 6.58. The quantitative estimate of drug-likeness (QED) is 0.772. The molecule has 1 amide bonds. The van der Waals surface area contributed by atoms with Gasteiger partial charge >= 0.3 is 0 Å². The number of aryl methyl sites for hydroxylation is 1. The zero-order valence-corrected chi connectivity index (χ0v) is 15.0. The Morgan fingerprint density at radius 3 is 2.70 bits per heavy atom. The van der Waals surface area contributed by atoms with E-state index in [4.69, 9.17) is 4.74 Å². The van der Waals surface area contributed by atoms with E-state index < -0.39 is 0 Å². The standard InChI is InChI=1S/C17H18IN3O2/c1-12-2-4-14(10-15(12)18)20-17(22)13-3-5-16(19-11-13)21-6-8-23-9-7-21/h2-5,10-11H,6-9H2,1H3,(H,20,22). The van der Waals surface area contributed by atoms with Gasteiger partial charge in [-0.25, -0.2) is 4.98 Å². The minimum atomic E-state index is -0.148. The molecule has 0 aliphatic carbocycles. The number of pyridine rings is 1. The van der Waals surface area contributed by atoms with Crippen LogP contribution in [-0.4, -0.2) is 37.2 Å². The van der Waals surface area contributed by atoms with Crippen molar-refractivity contribution in [2.24, 2.45) is 0 Å². The zero-order valence-electron chi connectivity index (χ0n) is 12.9. The van der Waals surface area contributed by atoms with Crippen molar-refractivity contribution in [1.82, 2.24) is 4.98 Å². The topological polar surface area (TPSA) is 54.5 Å². The Kier molecular flexibility index (Phi) is 5.12. The molecule has 1 N–H and O–H groups in total. The fourth-order valence-corrected chi connectivity index (χ4v) is 2.89. The lowest BCUT2D eigenvalue weighted by atomic mass is 10.2. The number of hydrogen-bond acceptors (Lipinski definition) is 4. The average molecular weight is 423 g/mol. The van der Waals surface area contributed by atoms with Crippen LogP contribution < -0.4 is 10.2 Å². The summed E-state index contributed by atoms with van der Waals surface area (Å²) in [5, 5.41) is 2.91. The first-order valence-corrected chi connectivity index (χ1v) is 8.57. The monoisotopic (exact) mass is 423 g/mol. The van der Waals surface area contributed by atoms with Crippen LogP contribution in [0.3, 0.4) is 0 Å². The smallest absolute Gasteiger partial charge is 0.257 e. The maximum absolute atomic E-state index is 12.3. The molecule has 3 rings (SSSR count). The Morgan fingerprint density at radius 2 is 2.04 bits per heavy atom. The van der Waals surface area contributed by atoms with Crippen LogP contribution in [0.4, 0.5) is 11.5 Å². The molecule has 0 bridgehead atoms. The summed E-state index contributed by atoms with van der Waals surface area (Å²) >= 11 is 2.26. The molecule has 2 aromatic rings. The van der Waals surface area contributed by atoms with E-state index in [-0.39, 0.29) is 5.91 Å². The number of carbonyl (C=O) groups is 1. The van der Waals surface area contributed by atoms with Crippen molar-refractivity contribution in [2.45, 2.75) is 6.92 Å². The fraction of sp³-hybridized carbons (Fsp3) is 0.294. The number of ether oxygens (including phenoxy) is 1. The molecular weight excluding hydrogens is 405 g/mol. The highest BCUT2D eigenvalue weighted by Gasteiger charge is 2.13. The molecule has 6 heteroatoms. The Bertz CT molecular complexity index is 697. The Hall–Kier alpha value is -1.67. The number of halogens is 1. The largest absolute Gasteiger partial charge is 0.378 e. The molecule has 5 nitrogen and oxygen atoms in total. The molecule has 1 aliphatic rings. The van der Waals surface area contributed by atoms with Gasteiger partial charge in [0, 0.05) is 28.5 Å². The SMILES string of the molecule is Cc1ccc(NC(=O)c2ccc(N3CCOCC3)nc2)cc1I. The summed E-state index contributed by atoms with van der Waals surface area (Å²) in [6, 6.07) is 9.57. The third kappa shape index (κ3) is 4.00. The zero-order chi connectivity index (χ0) is 16.2. The Balaban J connectivity index is 1.68. The molecule has 1 aromatic carbocycles. The Labute approximate surface area is 149 Å². The third-order valence-corrected chi connectivity index (χ3v) is 4.94. The Morgan fingerprint density at radius 1 is 1.26 bits per heavy atom. The van der Waals surface area contributed by atoms with Gasteiger partial charge in [0.05, 0.1) is 18.8 Å². The van der Waals surface area contributed by atoms with Crippen LogP contribution in [0.25, 0.3) is 0 Å².